The molecule has 0 spiro atoms. The van der Waals surface area contributed by atoms with Gasteiger partial charge in [0.05, 0.1) is 0 Å². The largest absolute Gasteiger partial charge is 0.317 e. The van der Waals surface area contributed by atoms with Crippen LogP contribution in [0.2, 0.25) is 0 Å². The normalized spacial score (nSPS) is 19.5. The Kier molecular flexibility index (Phi) is 7.55. The molecule has 0 atom stereocenters. The van der Waals surface area contributed by atoms with Crippen LogP contribution < -0.4 is 5.32 Å². The van der Waals surface area contributed by atoms with Gasteiger partial charge in [0, 0.05) is 12.3 Å². The van der Waals surface area contributed by atoms with E-state index in [1.807, 2.05) is 0 Å². The second kappa shape index (κ2) is 8.57. The Labute approximate surface area is 92.8 Å². The molecule has 1 heterocycles. The molecule has 0 bridgehead atoms. The van der Waals surface area contributed by atoms with Gasteiger partial charge in [0.1, 0.15) is 0 Å². The van der Waals surface area contributed by atoms with E-state index in [-0.39, 0.29) is 0 Å². The summed E-state index contributed by atoms with van der Waals surface area (Å²) in [4.78, 5) is 2.62. The topological polar surface area (TPSA) is 15.3 Å². The van der Waals surface area contributed by atoms with Gasteiger partial charge < -0.3 is 10.2 Å². The molecule has 0 aromatic rings. The fourth-order valence-electron chi connectivity index (χ4n) is 1.75. The van der Waals surface area contributed by atoms with E-state index in [0.717, 1.165) is 0 Å². The van der Waals surface area contributed by atoms with Gasteiger partial charge in [-0.25, -0.2) is 0 Å². The van der Waals surface area contributed by atoms with E-state index in [4.69, 9.17) is 0 Å². The maximum Gasteiger partial charge on any atom is 0.00724 e. The molecule has 1 rings (SSSR count). The maximum absolute atomic E-state index is 3.46. The first-order valence-electron chi connectivity index (χ1n) is 5.94. The number of hydrogen-bond acceptors (Lipinski definition) is 3. The fourth-order valence-corrected chi connectivity index (χ4v) is 2.68. The molecule has 0 amide bonds. The van der Waals surface area contributed by atoms with Crippen LogP contribution in [0, 0.1) is 0 Å². The third kappa shape index (κ3) is 5.89. The van der Waals surface area contributed by atoms with E-state index in [1.54, 1.807) is 0 Å². The first-order chi connectivity index (χ1) is 6.93. The van der Waals surface area contributed by atoms with E-state index < -0.39 is 0 Å². The summed E-state index contributed by atoms with van der Waals surface area (Å²) in [6.45, 7) is 8.50. The van der Waals surface area contributed by atoms with Crippen LogP contribution in [-0.4, -0.2) is 49.1 Å². The molecule has 1 aliphatic heterocycles. The molecular weight excluding hydrogens is 192 g/mol. The second-order valence-electron chi connectivity index (χ2n) is 3.91. The summed E-state index contributed by atoms with van der Waals surface area (Å²) in [6, 6.07) is 0. The molecule has 1 aliphatic rings. The SMILES string of the molecule is CCCNCCCN1CCCSCC1. The molecule has 0 aliphatic carbocycles. The van der Waals surface area contributed by atoms with E-state index >= 15 is 0 Å². The van der Waals surface area contributed by atoms with Crippen molar-refractivity contribution in [2.24, 2.45) is 0 Å². The Morgan fingerprint density at radius 2 is 2.14 bits per heavy atom. The molecule has 14 heavy (non-hydrogen) atoms. The van der Waals surface area contributed by atoms with Gasteiger partial charge in [0.2, 0.25) is 0 Å². The summed E-state index contributed by atoms with van der Waals surface area (Å²) in [5.41, 5.74) is 0. The van der Waals surface area contributed by atoms with E-state index in [0.29, 0.717) is 0 Å². The van der Waals surface area contributed by atoms with Crippen molar-refractivity contribution in [3.05, 3.63) is 0 Å². The number of hydrogen-bond donors (Lipinski definition) is 1. The van der Waals surface area contributed by atoms with Gasteiger partial charge in [-0.3, -0.25) is 0 Å². The van der Waals surface area contributed by atoms with Crippen molar-refractivity contribution in [1.82, 2.24) is 10.2 Å². The lowest BCUT2D eigenvalue weighted by atomic mass is 10.3. The van der Waals surface area contributed by atoms with Crippen LogP contribution >= 0.6 is 11.8 Å². The molecule has 0 unspecified atom stereocenters. The highest BCUT2D eigenvalue weighted by molar-refractivity contribution is 7.99. The minimum atomic E-state index is 1.18. The maximum atomic E-state index is 3.46. The van der Waals surface area contributed by atoms with Crippen molar-refractivity contribution in [2.75, 3.05) is 44.2 Å². The van der Waals surface area contributed by atoms with Gasteiger partial charge in [-0.05, 0) is 51.2 Å². The first-order valence-corrected chi connectivity index (χ1v) is 7.09. The third-order valence-electron chi connectivity index (χ3n) is 2.57. The Morgan fingerprint density at radius 1 is 1.21 bits per heavy atom. The smallest absolute Gasteiger partial charge is 0.00724 e. The van der Waals surface area contributed by atoms with Gasteiger partial charge in [0.15, 0.2) is 0 Å². The quantitative estimate of drug-likeness (QED) is 0.682. The van der Waals surface area contributed by atoms with Gasteiger partial charge in [-0.2, -0.15) is 11.8 Å². The minimum absolute atomic E-state index is 1.18. The zero-order valence-corrected chi connectivity index (χ0v) is 10.2. The second-order valence-corrected chi connectivity index (χ2v) is 5.14. The third-order valence-corrected chi connectivity index (χ3v) is 3.62. The van der Waals surface area contributed by atoms with Crippen LogP contribution in [-0.2, 0) is 0 Å². The molecule has 0 saturated carbocycles. The van der Waals surface area contributed by atoms with Gasteiger partial charge in [-0.15, -0.1) is 0 Å². The summed E-state index contributed by atoms with van der Waals surface area (Å²) >= 11 is 2.11. The van der Waals surface area contributed by atoms with E-state index in [2.05, 4.69) is 28.9 Å². The lowest BCUT2D eigenvalue weighted by Crippen LogP contribution is -2.29. The predicted molar refractivity (Wildman–Crippen MR) is 66.2 cm³/mol. The monoisotopic (exact) mass is 216 g/mol. The van der Waals surface area contributed by atoms with Gasteiger partial charge in [-0.1, -0.05) is 6.92 Å². The Hall–Kier alpha value is 0.270. The summed E-state index contributed by atoms with van der Waals surface area (Å²) in [5, 5.41) is 3.46. The highest BCUT2D eigenvalue weighted by atomic mass is 32.2. The molecular formula is C11H24N2S. The number of nitrogens with zero attached hydrogens (tertiary/aromatic N) is 1. The zero-order chi connectivity index (χ0) is 10.1. The van der Waals surface area contributed by atoms with Gasteiger partial charge in [0.25, 0.3) is 0 Å². The van der Waals surface area contributed by atoms with Crippen molar-refractivity contribution in [2.45, 2.75) is 26.2 Å². The van der Waals surface area contributed by atoms with E-state index in [1.165, 1.54) is 63.5 Å². The molecule has 0 aromatic carbocycles. The number of thioether (sulfide) groups is 1. The van der Waals surface area contributed by atoms with Crippen LogP contribution in [0.4, 0.5) is 0 Å². The Bertz CT molecular complexity index is 122. The van der Waals surface area contributed by atoms with Crippen molar-refractivity contribution in [3.8, 4) is 0 Å². The Balaban J connectivity index is 1.93. The van der Waals surface area contributed by atoms with Crippen molar-refractivity contribution < 1.29 is 0 Å². The Morgan fingerprint density at radius 3 is 3.00 bits per heavy atom. The molecule has 1 fully saturated rings. The summed E-state index contributed by atoms with van der Waals surface area (Å²) in [6.07, 6.45) is 3.94. The van der Waals surface area contributed by atoms with Gasteiger partial charge >= 0.3 is 0 Å². The fraction of sp³-hybridized carbons (Fsp3) is 1.00. The molecule has 1 N–H and O–H groups in total. The lowest BCUT2D eigenvalue weighted by molar-refractivity contribution is 0.290. The van der Waals surface area contributed by atoms with Crippen LogP contribution in [0.5, 0.6) is 0 Å². The van der Waals surface area contributed by atoms with Crippen molar-refractivity contribution >= 4 is 11.8 Å². The molecule has 1 saturated heterocycles. The van der Waals surface area contributed by atoms with Crippen LogP contribution in [0.15, 0.2) is 0 Å². The number of nitrogens with one attached hydrogen (secondary N) is 1. The lowest BCUT2D eigenvalue weighted by Gasteiger charge is -2.19. The molecule has 84 valence electrons. The predicted octanol–water partition coefficient (Wildman–Crippen LogP) is 1.81. The minimum Gasteiger partial charge on any atom is -0.317 e. The highest BCUT2D eigenvalue weighted by Crippen LogP contribution is 2.09. The molecule has 0 aromatic heterocycles. The molecule has 2 nitrogen and oxygen atoms in total. The average Bonchev–Trinajstić information content (AvgIpc) is 2.46. The highest BCUT2D eigenvalue weighted by Gasteiger charge is 2.07. The molecule has 0 radical (unpaired) electrons. The first kappa shape index (κ1) is 12.3. The standard InChI is InChI=1S/C11H24N2S/c1-2-5-12-6-3-7-13-8-4-10-14-11-9-13/h12H,2-11H2,1H3. The number of rotatable bonds is 6. The van der Waals surface area contributed by atoms with Crippen molar-refractivity contribution in [1.29, 1.82) is 0 Å². The van der Waals surface area contributed by atoms with Crippen LogP contribution in [0.1, 0.15) is 26.2 Å². The van der Waals surface area contributed by atoms with E-state index in [9.17, 15) is 0 Å². The molecule has 3 heteroatoms. The van der Waals surface area contributed by atoms with Crippen molar-refractivity contribution in [3.63, 3.8) is 0 Å². The summed E-state index contributed by atoms with van der Waals surface area (Å²) in [5.74, 6) is 2.70. The summed E-state index contributed by atoms with van der Waals surface area (Å²) < 4.78 is 0. The van der Waals surface area contributed by atoms with Crippen LogP contribution in [0.3, 0.4) is 0 Å². The zero-order valence-electron chi connectivity index (χ0n) is 9.43. The summed E-state index contributed by atoms with van der Waals surface area (Å²) in [7, 11) is 0. The average molecular weight is 216 g/mol. The van der Waals surface area contributed by atoms with Crippen LogP contribution in [0.25, 0.3) is 0 Å².